The number of methoxy groups -OCH3 is 1. The highest BCUT2D eigenvalue weighted by Gasteiger charge is 2.09. The zero-order chi connectivity index (χ0) is 16.0. The van der Waals surface area contributed by atoms with Gasteiger partial charge in [-0.1, -0.05) is 27.7 Å². The molecule has 0 bridgehead atoms. The minimum atomic E-state index is -0.383. The number of carbonyl (C=O) groups is 1. The summed E-state index contributed by atoms with van der Waals surface area (Å²) in [4.78, 5) is 11.1. The SMILES string of the molecule is C#C.CC.CC.COC(=O)c1cc(C)c(O)c(C)c1. The van der Waals surface area contributed by atoms with Gasteiger partial charge in [-0.3, -0.25) is 0 Å². The smallest absolute Gasteiger partial charge is 0.337 e. The minimum Gasteiger partial charge on any atom is -0.507 e. The summed E-state index contributed by atoms with van der Waals surface area (Å²) in [6, 6.07) is 3.21. The predicted octanol–water partition coefficient (Wildman–Crippen LogP) is 4.10. The molecule has 0 fully saturated rings. The lowest BCUT2D eigenvalue weighted by atomic mass is 10.1. The molecule has 0 atom stereocenters. The lowest BCUT2D eigenvalue weighted by Gasteiger charge is -2.05. The van der Waals surface area contributed by atoms with Crippen LogP contribution in [0.3, 0.4) is 0 Å². The van der Waals surface area contributed by atoms with Crippen molar-refractivity contribution >= 4 is 5.97 Å². The van der Waals surface area contributed by atoms with Gasteiger partial charge in [0, 0.05) is 0 Å². The van der Waals surface area contributed by atoms with E-state index in [2.05, 4.69) is 17.6 Å². The zero-order valence-electron chi connectivity index (χ0n) is 13.1. The number of hydrogen-bond donors (Lipinski definition) is 1. The maximum atomic E-state index is 11.1. The molecule has 0 aliphatic rings. The lowest BCUT2D eigenvalue weighted by molar-refractivity contribution is 0.0600. The van der Waals surface area contributed by atoms with Crippen LogP contribution in [0.15, 0.2) is 12.1 Å². The van der Waals surface area contributed by atoms with Gasteiger partial charge in [0.25, 0.3) is 0 Å². The van der Waals surface area contributed by atoms with Gasteiger partial charge in [-0.15, -0.1) is 12.8 Å². The molecule has 0 unspecified atom stereocenters. The number of rotatable bonds is 1. The molecule has 0 saturated carbocycles. The second-order valence-corrected chi connectivity index (χ2v) is 2.95. The lowest BCUT2D eigenvalue weighted by Crippen LogP contribution is -2.02. The van der Waals surface area contributed by atoms with Crippen molar-refractivity contribution < 1.29 is 14.6 Å². The molecule has 0 radical (unpaired) electrons. The highest BCUT2D eigenvalue weighted by atomic mass is 16.5. The predicted molar refractivity (Wildman–Crippen MR) is 81.5 cm³/mol. The molecule has 0 saturated heterocycles. The van der Waals surface area contributed by atoms with Crippen LogP contribution in [0.2, 0.25) is 0 Å². The molecule has 0 aromatic heterocycles. The van der Waals surface area contributed by atoms with Crippen LogP contribution in [0.25, 0.3) is 0 Å². The van der Waals surface area contributed by atoms with Gasteiger partial charge < -0.3 is 9.84 Å². The van der Waals surface area contributed by atoms with Crippen molar-refractivity contribution in [3.63, 3.8) is 0 Å². The van der Waals surface area contributed by atoms with Crippen LogP contribution in [-0.4, -0.2) is 18.2 Å². The Labute approximate surface area is 117 Å². The van der Waals surface area contributed by atoms with Gasteiger partial charge in [0.15, 0.2) is 0 Å². The molecule has 3 nitrogen and oxygen atoms in total. The van der Waals surface area contributed by atoms with Crippen molar-refractivity contribution in [2.24, 2.45) is 0 Å². The third kappa shape index (κ3) is 7.88. The standard InChI is InChI=1S/C10H12O3.2C2H6.C2H2/c1-6-4-8(10(12)13-3)5-7(2)9(6)11;3*1-2/h4-5,11H,1-3H3;2*1-2H3;1-2H. The number of carbonyl (C=O) groups excluding carboxylic acids is 1. The summed E-state index contributed by atoms with van der Waals surface area (Å²) in [6.45, 7) is 11.5. The Morgan fingerprint density at radius 2 is 1.37 bits per heavy atom. The van der Waals surface area contributed by atoms with Crippen LogP contribution in [0, 0.1) is 26.7 Å². The largest absolute Gasteiger partial charge is 0.507 e. The van der Waals surface area contributed by atoms with E-state index in [9.17, 15) is 9.90 Å². The average Bonchev–Trinajstić information content (AvgIpc) is 2.49. The van der Waals surface area contributed by atoms with Crippen LogP contribution >= 0.6 is 0 Å². The van der Waals surface area contributed by atoms with Crippen LogP contribution in [-0.2, 0) is 4.74 Å². The van der Waals surface area contributed by atoms with Gasteiger partial charge in [-0.25, -0.2) is 4.79 Å². The van der Waals surface area contributed by atoms with E-state index in [4.69, 9.17) is 0 Å². The van der Waals surface area contributed by atoms with E-state index in [0.29, 0.717) is 16.7 Å². The number of aryl methyl sites for hydroxylation is 2. The van der Waals surface area contributed by atoms with Crippen LogP contribution < -0.4 is 0 Å². The first kappa shape index (κ1) is 22.2. The fourth-order valence-corrected chi connectivity index (χ4v) is 1.19. The Hall–Kier alpha value is -1.95. The molecule has 3 heteroatoms. The number of esters is 1. The van der Waals surface area contributed by atoms with E-state index in [1.54, 1.807) is 26.0 Å². The van der Waals surface area contributed by atoms with Gasteiger partial charge in [-0.2, -0.15) is 0 Å². The minimum absolute atomic E-state index is 0.229. The monoisotopic (exact) mass is 266 g/mol. The second kappa shape index (κ2) is 14.1. The molecule has 0 spiro atoms. The van der Waals surface area contributed by atoms with E-state index >= 15 is 0 Å². The molecule has 0 aliphatic heterocycles. The third-order valence-electron chi connectivity index (χ3n) is 1.91. The molecule has 1 N–H and O–H groups in total. The molecule has 1 aromatic carbocycles. The fourth-order valence-electron chi connectivity index (χ4n) is 1.19. The van der Waals surface area contributed by atoms with Crippen molar-refractivity contribution in [1.82, 2.24) is 0 Å². The molecule has 19 heavy (non-hydrogen) atoms. The number of ether oxygens (including phenoxy) is 1. The topological polar surface area (TPSA) is 46.5 Å². The molecule has 0 amide bonds. The van der Waals surface area contributed by atoms with Crippen molar-refractivity contribution in [2.75, 3.05) is 7.11 Å². The maximum Gasteiger partial charge on any atom is 0.337 e. The zero-order valence-corrected chi connectivity index (χ0v) is 13.1. The van der Waals surface area contributed by atoms with Gasteiger partial charge in [0.1, 0.15) is 5.75 Å². The molecule has 0 heterocycles. The van der Waals surface area contributed by atoms with Gasteiger partial charge in [0.05, 0.1) is 12.7 Å². The molecule has 0 aliphatic carbocycles. The quantitative estimate of drug-likeness (QED) is 0.615. The summed E-state index contributed by atoms with van der Waals surface area (Å²) in [5.41, 5.74) is 1.83. The molecule has 108 valence electrons. The molecular weight excluding hydrogens is 240 g/mol. The normalized spacial score (nSPS) is 7.42. The summed E-state index contributed by atoms with van der Waals surface area (Å²) >= 11 is 0. The van der Waals surface area contributed by atoms with E-state index in [0.717, 1.165) is 0 Å². The summed E-state index contributed by atoms with van der Waals surface area (Å²) in [5, 5.41) is 9.43. The van der Waals surface area contributed by atoms with Crippen molar-refractivity contribution in [3.8, 4) is 18.6 Å². The van der Waals surface area contributed by atoms with Gasteiger partial charge >= 0.3 is 5.97 Å². The summed E-state index contributed by atoms with van der Waals surface area (Å²) in [6.07, 6.45) is 8.00. The van der Waals surface area contributed by atoms with Crippen LogP contribution in [0.4, 0.5) is 0 Å². The summed E-state index contributed by atoms with van der Waals surface area (Å²) in [7, 11) is 1.33. The van der Waals surface area contributed by atoms with E-state index in [1.165, 1.54) is 7.11 Å². The van der Waals surface area contributed by atoms with Crippen LogP contribution in [0.5, 0.6) is 5.75 Å². The maximum absolute atomic E-state index is 11.1. The molecule has 1 aromatic rings. The van der Waals surface area contributed by atoms with Crippen molar-refractivity contribution in [2.45, 2.75) is 41.5 Å². The Morgan fingerprint density at radius 1 is 1.05 bits per heavy atom. The summed E-state index contributed by atoms with van der Waals surface area (Å²) in [5.74, 6) is -0.154. The Balaban J connectivity index is -0.000000375. The number of phenolic OH excluding ortho intramolecular Hbond substituents is 1. The van der Waals surface area contributed by atoms with Crippen molar-refractivity contribution in [1.29, 1.82) is 0 Å². The average molecular weight is 266 g/mol. The second-order valence-electron chi connectivity index (χ2n) is 2.95. The first-order chi connectivity index (χ1) is 9.06. The van der Waals surface area contributed by atoms with Gasteiger partial charge in [0.2, 0.25) is 0 Å². The van der Waals surface area contributed by atoms with Crippen LogP contribution in [0.1, 0.15) is 49.2 Å². The number of hydrogen-bond acceptors (Lipinski definition) is 3. The third-order valence-corrected chi connectivity index (χ3v) is 1.91. The molecular formula is C16H26O3. The number of terminal acetylenes is 1. The molecule has 1 rings (SSSR count). The van der Waals surface area contributed by atoms with Crippen molar-refractivity contribution in [3.05, 3.63) is 28.8 Å². The Kier molecular flexibility index (Phi) is 16.5. The highest BCUT2D eigenvalue weighted by Crippen LogP contribution is 2.22. The summed E-state index contributed by atoms with van der Waals surface area (Å²) < 4.78 is 4.57. The number of benzene rings is 1. The number of aromatic hydroxyl groups is 1. The van der Waals surface area contributed by atoms with E-state index < -0.39 is 0 Å². The van der Waals surface area contributed by atoms with E-state index in [1.807, 2.05) is 27.7 Å². The first-order valence-electron chi connectivity index (χ1n) is 6.28. The van der Waals surface area contributed by atoms with Gasteiger partial charge in [-0.05, 0) is 37.1 Å². The first-order valence-corrected chi connectivity index (χ1v) is 6.28. The highest BCUT2D eigenvalue weighted by molar-refractivity contribution is 5.90. The van der Waals surface area contributed by atoms with E-state index in [-0.39, 0.29) is 11.7 Å². The Bertz CT molecular complexity index is 356. The number of phenols is 1. The Morgan fingerprint density at radius 3 is 1.63 bits per heavy atom. The fraction of sp³-hybridized carbons (Fsp3) is 0.438.